The van der Waals surface area contributed by atoms with Crippen LogP contribution in [-0.4, -0.2) is 126 Å². The molecule has 0 spiro atoms. The average Bonchev–Trinajstić information content (AvgIpc) is 1.66. The van der Waals surface area contributed by atoms with Gasteiger partial charge in [-0.15, -0.1) is 11.6 Å². The Hall–Kier alpha value is -3.28. The molecule has 18 nitrogen and oxygen atoms in total. The maximum absolute atomic E-state index is 13.4. The molecule has 5 aromatic rings. The van der Waals surface area contributed by atoms with Crippen LogP contribution in [0.15, 0.2) is 72.8 Å². The number of carbonyl (C=O) groups is 5. The number of methoxy groups -OCH3 is 1. The van der Waals surface area contributed by atoms with Gasteiger partial charge in [-0.3, -0.25) is 24.0 Å². The quantitative estimate of drug-likeness (QED) is 0.0212. The number of hydrogen-bond acceptors (Lipinski definition) is 18. The fourth-order valence-electron chi connectivity index (χ4n) is 9.65. The first-order chi connectivity index (χ1) is 44.9. The van der Waals surface area contributed by atoms with E-state index in [1.165, 1.54) is 89.4 Å². The number of benzene rings is 5. The number of hydrogen-bond donors (Lipinski definition) is 2. The zero-order chi connectivity index (χ0) is 73.6. The minimum absolute atomic E-state index is 0. The molecule has 2 N–H and O–H groups in total. The van der Waals surface area contributed by atoms with Gasteiger partial charge in [-0.2, -0.15) is 0 Å². The van der Waals surface area contributed by atoms with E-state index in [0.29, 0.717) is 89.4 Å². The first-order valence-corrected chi connectivity index (χ1v) is 41.3. The standard InChI is InChI=1S/C13H14ClFO3.C13H15FO4.C13H13FO4.C12H13FO3.C10H11FO2.C2H4Cl2O.B.Cl2OS.4ClH.Na.Ti.H/c1-8(16)17-7-13(2)5-9-3-11(15)4-10(6-14)12(9)18-13;2*1-8(16)17-7-13(2)5-9-3-11(14)4-10(6-15)12(9)18-13;1-8(14)15-7-12(2)6-9-5-10(13)3-4-11(9)16-12;1-10(6-12)5-7-4-8(11)2-3-9(7)13-10;1-5-2(3)4;;1-4(2)3;;;;;;;/h3-4H,5-7H2,1-2H3;3-4,15H,5-7H2,1-2H3;3-4,6H,5,7H2,1-2H3;3-5H,6-7H2,1-2H3;2-4,12H,5-6H2,1H3;2H,1H3;;;4*1H;;;/q;;;;;;;;;;;;+1;+4;-1/p-4. The summed E-state index contributed by atoms with van der Waals surface area (Å²) < 4.78 is 127. The third kappa shape index (κ3) is 33.6. The Balaban J connectivity index is 0.00000116. The van der Waals surface area contributed by atoms with Crippen LogP contribution in [-0.2, 0) is 109 Å². The van der Waals surface area contributed by atoms with Crippen LogP contribution < -0.4 is 53.2 Å². The van der Waals surface area contributed by atoms with E-state index in [4.69, 9.17) is 124 Å². The Bertz CT molecular complexity index is 3490. The third-order valence-electron chi connectivity index (χ3n) is 13.5. The Morgan fingerprint density at radius 1 is 0.545 bits per heavy atom. The van der Waals surface area contributed by atoms with Crippen molar-refractivity contribution in [3.05, 3.63) is 146 Å². The van der Waals surface area contributed by atoms with Crippen LogP contribution in [0, 0.1) is 29.1 Å². The monoisotopic (exact) mass is 1640 g/mol. The van der Waals surface area contributed by atoms with Crippen LogP contribution in [0.25, 0.3) is 0 Å². The summed E-state index contributed by atoms with van der Waals surface area (Å²) in [6, 6.07) is 16.7. The second kappa shape index (κ2) is 42.6. The van der Waals surface area contributed by atoms with Crippen molar-refractivity contribution in [2.75, 3.05) is 40.1 Å². The molecule has 5 aliphatic heterocycles. The number of alkyl halides is 3. The van der Waals surface area contributed by atoms with Crippen molar-refractivity contribution in [1.82, 2.24) is 0 Å². The predicted octanol–water partition coefficient (Wildman–Crippen LogP) is 11.8. The fourth-order valence-corrected chi connectivity index (χ4v) is 9.84. The van der Waals surface area contributed by atoms with E-state index in [9.17, 15) is 51.0 Å². The van der Waals surface area contributed by atoms with Gasteiger partial charge in [0, 0.05) is 136 Å². The SMILES string of the molecule is CC(=O)OCC1(C)Cc2cc(F)cc(C=O)c2O1.CC(=O)OCC1(C)Cc2cc(F)cc(CCl)c2O1.CC(=O)OCC1(C)Cc2cc(F)cc(CO)c2O1.CC(=O)OCC1(C)Cc2cc(F)ccc2O1.CC1(CO)Cc2cc(F)ccc2O1.COC(Cl)Cl.O=S(Cl)Cl.[B].[Cl][Ti]([Cl])([Cl])[Cl].[H-].[Na+]. The molecular formula is C63H71BCl9F5NaO18STi. The van der Waals surface area contributed by atoms with Gasteiger partial charge in [0.15, 0.2) is 6.29 Å². The van der Waals surface area contributed by atoms with E-state index in [0.717, 1.165) is 22.8 Å². The molecule has 5 heterocycles. The number of aldehydes is 1. The van der Waals surface area contributed by atoms with E-state index < -0.39 is 72.2 Å². The molecule has 5 unspecified atom stereocenters. The van der Waals surface area contributed by atoms with Crippen LogP contribution in [0.4, 0.5) is 22.0 Å². The number of halogens is 14. The summed E-state index contributed by atoms with van der Waals surface area (Å²) in [4.78, 5) is 54.0. The largest absolute Gasteiger partial charge is 1.00 e. The van der Waals surface area contributed by atoms with Gasteiger partial charge in [-0.05, 0) is 107 Å². The first kappa shape index (κ1) is 93.7. The molecule has 0 saturated heterocycles. The molecule has 36 heteroatoms. The summed E-state index contributed by atoms with van der Waals surface area (Å²) >= 11 is 12.7. The zero-order valence-electron chi connectivity index (χ0n) is 56.3. The molecular weight excluding hydrogens is 1570 g/mol. The molecule has 0 bridgehead atoms. The Labute approximate surface area is 641 Å². The van der Waals surface area contributed by atoms with Crippen molar-refractivity contribution in [3.63, 3.8) is 0 Å². The van der Waals surface area contributed by atoms with E-state index in [-0.39, 0.29) is 126 Å². The fraction of sp³-hybridized carbons (Fsp3) is 0.444. The van der Waals surface area contributed by atoms with Crippen LogP contribution in [0.1, 0.15) is 113 Å². The Kier molecular flexibility index (Phi) is 40.3. The number of ether oxygens (including phenoxy) is 10. The van der Waals surface area contributed by atoms with Gasteiger partial charge in [-0.25, -0.2) is 26.2 Å². The average molecular weight is 1640 g/mol. The van der Waals surface area contributed by atoms with Crippen LogP contribution >= 0.6 is 93.4 Å². The third-order valence-corrected chi connectivity index (χ3v) is 14.1. The summed E-state index contributed by atoms with van der Waals surface area (Å²) in [5.41, 5.74) is 1.67. The molecule has 0 aromatic heterocycles. The van der Waals surface area contributed by atoms with Crippen molar-refractivity contribution in [2.24, 2.45) is 0 Å². The van der Waals surface area contributed by atoms with Crippen LogP contribution in [0.3, 0.4) is 0 Å². The molecule has 5 atom stereocenters. The normalized spacial score (nSPS) is 20.0. The van der Waals surface area contributed by atoms with Gasteiger partial charge in [0.1, 0.15) is 112 Å². The molecule has 99 heavy (non-hydrogen) atoms. The molecule has 0 aliphatic carbocycles. The molecule has 5 aliphatic rings. The molecule has 10 rings (SSSR count). The number of fused-ring (bicyclic) bond motifs is 5. The van der Waals surface area contributed by atoms with Gasteiger partial charge in [-0.1, -0.05) is 23.2 Å². The minimum Gasteiger partial charge on any atom is -1.00 e. The Morgan fingerprint density at radius 2 is 0.828 bits per heavy atom. The second-order valence-electron chi connectivity index (χ2n) is 23.0. The number of esters is 4. The maximum Gasteiger partial charge on any atom is 1.00 e. The number of aliphatic hydroxyl groups is 2. The number of rotatable bonds is 13. The number of aliphatic hydroxyl groups excluding tert-OH is 2. The first-order valence-electron chi connectivity index (χ1n) is 28.5. The summed E-state index contributed by atoms with van der Waals surface area (Å²) in [6.07, 6.45) is 3.01. The molecule has 0 fully saturated rings. The van der Waals surface area contributed by atoms with Gasteiger partial charge in [0.05, 0.1) is 24.7 Å². The Morgan fingerprint density at radius 3 is 1.15 bits per heavy atom. The maximum atomic E-state index is 13.4. The van der Waals surface area contributed by atoms with Gasteiger partial charge in [0.2, 0.25) is 14.2 Å². The summed E-state index contributed by atoms with van der Waals surface area (Å²) in [5, 5.41) is 17.6. The van der Waals surface area contributed by atoms with E-state index >= 15 is 0 Å². The zero-order valence-corrected chi connectivity index (χ0v) is 66.5. The van der Waals surface area contributed by atoms with E-state index in [1.54, 1.807) is 26.0 Å². The molecule has 0 amide bonds. The smallest absolute Gasteiger partial charge is 1.00 e. The van der Waals surface area contributed by atoms with Crippen molar-refractivity contribution in [1.29, 1.82) is 0 Å². The number of carbonyl (C=O) groups excluding carboxylic acids is 5. The molecule has 5 aromatic carbocycles. The molecule has 3 radical (unpaired) electrons. The van der Waals surface area contributed by atoms with E-state index in [2.05, 4.69) is 26.1 Å². The van der Waals surface area contributed by atoms with Gasteiger partial charge in [0.25, 0.3) is 0 Å². The van der Waals surface area contributed by atoms with Crippen molar-refractivity contribution >= 4 is 141 Å². The summed E-state index contributed by atoms with van der Waals surface area (Å²) in [6.45, 7) is 14.5. The van der Waals surface area contributed by atoms with Crippen molar-refractivity contribution in [3.8, 4) is 28.7 Å². The van der Waals surface area contributed by atoms with Crippen LogP contribution in [0.2, 0.25) is 0 Å². The summed E-state index contributed by atoms with van der Waals surface area (Å²) in [7, 11) is 28.8. The molecule has 543 valence electrons. The van der Waals surface area contributed by atoms with Crippen molar-refractivity contribution in [2.45, 2.75) is 140 Å². The second-order valence-corrected chi connectivity index (χ2v) is 42.3. The van der Waals surface area contributed by atoms with Gasteiger partial charge >= 0.3 is 103 Å². The van der Waals surface area contributed by atoms with Gasteiger partial charge < -0.3 is 59.0 Å². The van der Waals surface area contributed by atoms with E-state index in [1.807, 2.05) is 20.8 Å². The van der Waals surface area contributed by atoms with Crippen molar-refractivity contribution < 1.29 is 151 Å². The summed E-state index contributed by atoms with van der Waals surface area (Å²) in [5.74, 6) is -0.232. The topological polar surface area (TPSA) is 235 Å². The minimum atomic E-state index is -3.11. The van der Waals surface area contributed by atoms with Crippen LogP contribution in [0.5, 0.6) is 28.7 Å². The predicted molar refractivity (Wildman–Crippen MR) is 363 cm³/mol. The molecule has 0 saturated carbocycles.